The average molecular weight is 97.1 g/mol. The van der Waals surface area contributed by atoms with Gasteiger partial charge in [0, 0.05) is 0 Å². The van der Waals surface area contributed by atoms with Gasteiger partial charge in [-0.05, 0) is 0 Å². The molecule has 0 atom stereocenters. The molecule has 0 aliphatic carbocycles. The van der Waals surface area contributed by atoms with Gasteiger partial charge in [0.2, 0.25) is 0 Å². The van der Waals surface area contributed by atoms with Crippen LogP contribution in [0.5, 0.6) is 0 Å². The lowest BCUT2D eigenvalue weighted by atomic mass is 11.7. The molecule has 0 fully saturated rings. The van der Waals surface area contributed by atoms with Crippen molar-refractivity contribution in [2.24, 2.45) is 0 Å². The molecule has 5 heavy (non-hydrogen) atoms. The summed E-state index contributed by atoms with van der Waals surface area (Å²) >= 11 is 2.66. The van der Waals surface area contributed by atoms with Gasteiger partial charge in [0.15, 0.2) is 0 Å². The minimum atomic E-state index is -1.64. The lowest BCUT2D eigenvalue weighted by Gasteiger charge is -1.49. The third kappa shape index (κ3) is 1760. The normalized spacial score (nSPS) is 5.20. The SMILES string of the molecule is N.O=C(F)S. The largest absolute Gasteiger partial charge is 0.356 e. The molecule has 0 spiro atoms. The first-order chi connectivity index (χ1) is 1.73. The Hall–Kier alpha value is -0.0900. The van der Waals surface area contributed by atoms with E-state index in [1.54, 1.807) is 0 Å². The second-order valence-electron chi connectivity index (χ2n) is 0.253. The van der Waals surface area contributed by atoms with Crippen molar-refractivity contribution < 1.29 is 9.18 Å². The summed E-state index contributed by atoms with van der Waals surface area (Å²) in [6.07, 6.45) is 0. The summed E-state index contributed by atoms with van der Waals surface area (Å²) in [5.74, 6) is 0. The summed E-state index contributed by atoms with van der Waals surface area (Å²) in [4.78, 5) is 8.64. The van der Waals surface area contributed by atoms with Crippen LogP contribution in [0.15, 0.2) is 0 Å². The van der Waals surface area contributed by atoms with Crippen molar-refractivity contribution >= 4 is 18.0 Å². The smallest absolute Gasteiger partial charge is 0.344 e. The number of hydrogen-bond donors (Lipinski definition) is 2. The van der Waals surface area contributed by atoms with Gasteiger partial charge in [-0.3, -0.25) is 0 Å². The number of hydrogen-bond acceptors (Lipinski definition) is 2. The van der Waals surface area contributed by atoms with Gasteiger partial charge in [-0.25, -0.2) is 4.79 Å². The second-order valence-corrected chi connectivity index (χ2v) is 0.605. The van der Waals surface area contributed by atoms with Crippen LogP contribution in [0.3, 0.4) is 0 Å². The second kappa shape index (κ2) is 3.91. The lowest BCUT2D eigenvalue weighted by molar-refractivity contribution is 0.245. The van der Waals surface area contributed by atoms with Crippen molar-refractivity contribution in [3.63, 3.8) is 0 Å². The first kappa shape index (κ1) is 8.86. The van der Waals surface area contributed by atoms with E-state index in [0.29, 0.717) is 0 Å². The summed E-state index contributed by atoms with van der Waals surface area (Å²) in [7, 11) is 0. The Kier molecular flexibility index (Phi) is 6.93. The number of carbonyl (C=O) groups is 1. The van der Waals surface area contributed by atoms with E-state index in [-0.39, 0.29) is 6.15 Å². The van der Waals surface area contributed by atoms with E-state index in [2.05, 4.69) is 12.6 Å². The minimum Gasteiger partial charge on any atom is -0.344 e. The van der Waals surface area contributed by atoms with Crippen molar-refractivity contribution in [2.45, 2.75) is 0 Å². The monoisotopic (exact) mass is 97.0 g/mol. The van der Waals surface area contributed by atoms with E-state index in [1.807, 2.05) is 0 Å². The molecule has 0 saturated heterocycles. The van der Waals surface area contributed by atoms with Crippen molar-refractivity contribution in [1.82, 2.24) is 6.15 Å². The highest BCUT2D eigenvalue weighted by atomic mass is 32.1. The summed E-state index contributed by atoms with van der Waals surface area (Å²) in [5, 5.41) is -1.64. The van der Waals surface area contributed by atoms with Crippen LogP contribution in [0.1, 0.15) is 0 Å². The van der Waals surface area contributed by atoms with E-state index in [9.17, 15) is 4.39 Å². The van der Waals surface area contributed by atoms with Crippen molar-refractivity contribution in [3.05, 3.63) is 0 Å². The molecule has 0 aromatic heterocycles. The van der Waals surface area contributed by atoms with Crippen LogP contribution in [0.4, 0.5) is 9.18 Å². The van der Waals surface area contributed by atoms with Gasteiger partial charge in [-0.1, -0.05) is 12.6 Å². The molecular weight excluding hydrogens is 93.1 g/mol. The third-order valence-corrected chi connectivity index (χ3v) is 0. The first-order valence-electron chi connectivity index (χ1n) is 0.617. The van der Waals surface area contributed by atoms with Crippen molar-refractivity contribution in [1.29, 1.82) is 0 Å². The van der Waals surface area contributed by atoms with E-state index < -0.39 is 5.37 Å². The van der Waals surface area contributed by atoms with Crippen LogP contribution in [0.25, 0.3) is 0 Å². The number of halogens is 1. The molecule has 0 aromatic carbocycles. The van der Waals surface area contributed by atoms with Crippen LogP contribution in [0, 0.1) is 0 Å². The zero-order valence-corrected chi connectivity index (χ0v) is 3.33. The maximum atomic E-state index is 10.2. The van der Waals surface area contributed by atoms with Crippen LogP contribution in [-0.4, -0.2) is 5.37 Å². The number of carbonyl (C=O) groups excluding carboxylic acids is 1. The molecule has 0 heterocycles. The molecular formula is CH4FNOS. The fraction of sp³-hybridized carbons (Fsp3) is 0. The zero-order chi connectivity index (χ0) is 3.58. The third-order valence-electron chi connectivity index (χ3n) is 0. The maximum absolute atomic E-state index is 10.2. The molecule has 0 amide bonds. The standard InChI is InChI=1S/CHFOS.H3N/c2-1(3)4;/h(H,3,4);1H3. The van der Waals surface area contributed by atoms with Gasteiger partial charge in [-0.15, -0.1) is 0 Å². The number of thiol groups is 1. The molecule has 32 valence electrons. The predicted octanol–water partition coefficient (Wildman–Crippen LogP) is 1.17. The van der Waals surface area contributed by atoms with Crippen molar-refractivity contribution in [2.75, 3.05) is 0 Å². The van der Waals surface area contributed by atoms with Crippen molar-refractivity contribution in [3.8, 4) is 0 Å². The molecule has 0 bridgehead atoms. The van der Waals surface area contributed by atoms with Gasteiger partial charge >= 0.3 is 5.37 Å². The Bertz CT molecular complexity index is 34.6. The molecule has 0 aromatic rings. The maximum Gasteiger partial charge on any atom is 0.356 e. The van der Waals surface area contributed by atoms with Crippen LogP contribution in [0.2, 0.25) is 0 Å². The molecule has 4 heteroatoms. The van der Waals surface area contributed by atoms with E-state index >= 15 is 0 Å². The molecule has 3 N–H and O–H groups in total. The Balaban J connectivity index is 0. The van der Waals surface area contributed by atoms with Gasteiger partial charge < -0.3 is 6.15 Å². The Labute approximate surface area is 34.4 Å². The average Bonchev–Trinajstić information content (AvgIpc) is 0.811. The van der Waals surface area contributed by atoms with Gasteiger partial charge in [0.25, 0.3) is 0 Å². The Morgan fingerprint density at radius 3 is 1.80 bits per heavy atom. The van der Waals surface area contributed by atoms with Gasteiger partial charge in [0.1, 0.15) is 0 Å². The summed E-state index contributed by atoms with van der Waals surface area (Å²) in [6, 6.07) is 0. The van der Waals surface area contributed by atoms with E-state index in [4.69, 9.17) is 4.79 Å². The highest BCUT2D eigenvalue weighted by Crippen LogP contribution is 1.76. The van der Waals surface area contributed by atoms with E-state index in [1.165, 1.54) is 0 Å². The van der Waals surface area contributed by atoms with Crippen LogP contribution in [-0.2, 0) is 0 Å². The van der Waals surface area contributed by atoms with Crippen LogP contribution < -0.4 is 6.15 Å². The highest BCUT2D eigenvalue weighted by Gasteiger charge is 1.71. The molecule has 0 aliphatic rings. The Morgan fingerprint density at radius 2 is 1.80 bits per heavy atom. The molecule has 2 nitrogen and oxygen atoms in total. The van der Waals surface area contributed by atoms with Crippen LogP contribution >= 0.6 is 12.6 Å². The molecule has 0 rings (SSSR count). The topological polar surface area (TPSA) is 52.1 Å². The predicted molar refractivity (Wildman–Crippen MR) is 20.5 cm³/mol. The fourth-order valence-electron chi connectivity index (χ4n) is 0. The molecule has 0 saturated carbocycles. The minimum absolute atomic E-state index is 0. The summed E-state index contributed by atoms with van der Waals surface area (Å²) in [6.45, 7) is 0. The highest BCUT2D eigenvalue weighted by molar-refractivity contribution is 7.96. The summed E-state index contributed by atoms with van der Waals surface area (Å²) in [5.41, 5.74) is 0. The lowest BCUT2D eigenvalue weighted by Crippen LogP contribution is -1.51. The fourth-order valence-corrected chi connectivity index (χ4v) is 0. The number of rotatable bonds is 0. The van der Waals surface area contributed by atoms with Gasteiger partial charge in [0.05, 0.1) is 0 Å². The summed E-state index contributed by atoms with van der Waals surface area (Å²) < 4.78 is 10.2. The molecule has 0 unspecified atom stereocenters. The Morgan fingerprint density at radius 1 is 1.80 bits per heavy atom. The van der Waals surface area contributed by atoms with Gasteiger partial charge in [-0.2, -0.15) is 4.39 Å². The first-order valence-corrected chi connectivity index (χ1v) is 1.06. The van der Waals surface area contributed by atoms with E-state index in [0.717, 1.165) is 0 Å². The molecule has 0 aliphatic heterocycles. The molecule has 0 radical (unpaired) electrons. The quantitative estimate of drug-likeness (QED) is 0.352. The zero-order valence-electron chi connectivity index (χ0n) is 2.44.